The summed E-state index contributed by atoms with van der Waals surface area (Å²) in [7, 11) is -4.61. The van der Waals surface area contributed by atoms with E-state index in [9.17, 15) is 21.6 Å². The van der Waals surface area contributed by atoms with Crippen LogP contribution in [0.2, 0.25) is 5.02 Å². The smallest absolute Gasteiger partial charge is 0.249 e. The lowest BCUT2D eigenvalue weighted by molar-refractivity contribution is -0.137. The van der Waals surface area contributed by atoms with Crippen LogP contribution in [0.15, 0.2) is 48.5 Å². The zero-order valence-corrected chi connectivity index (χ0v) is 19.4. The minimum absolute atomic E-state index is 0.0766. The molecule has 0 N–H and O–H groups in total. The third kappa shape index (κ3) is 6.31. The molecule has 0 bridgehead atoms. The fourth-order valence-electron chi connectivity index (χ4n) is 2.69. The van der Waals surface area contributed by atoms with Gasteiger partial charge in [-0.15, -0.1) is 0 Å². The van der Waals surface area contributed by atoms with Gasteiger partial charge in [-0.05, 0) is 55.8 Å². The average Bonchev–Trinajstić information content (AvgIpc) is 2.59. The van der Waals surface area contributed by atoms with E-state index >= 15 is 0 Å². The van der Waals surface area contributed by atoms with Gasteiger partial charge in [0.15, 0.2) is 0 Å². The first-order valence-electron chi connectivity index (χ1n) is 8.24. The predicted octanol–water partition coefficient (Wildman–Crippen LogP) is 6.73. The van der Waals surface area contributed by atoms with Crippen LogP contribution < -0.4 is 4.31 Å². The third-order valence-electron chi connectivity index (χ3n) is 4.08. The van der Waals surface area contributed by atoms with Gasteiger partial charge in [-0.3, -0.25) is 0 Å². The average molecular weight is 525 g/mol. The largest absolute Gasteiger partial charge is 0.416 e. The first kappa shape index (κ1) is 25.4. The van der Waals surface area contributed by atoms with E-state index < -0.39 is 38.0 Å². The summed E-state index contributed by atoms with van der Waals surface area (Å²) in [4.78, 5) is 0. The van der Waals surface area contributed by atoms with E-state index in [-0.39, 0.29) is 5.69 Å². The van der Waals surface area contributed by atoms with Gasteiger partial charge in [0.2, 0.25) is 3.79 Å². The van der Waals surface area contributed by atoms with Crippen LogP contribution in [0.4, 0.5) is 18.9 Å². The van der Waals surface area contributed by atoms with Crippen molar-refractivity contribution in [3.63, 3.8) is 0 Å². The van der Waals surface area contributed by atoms with Crippen LogP contribution >= 0.6 is 46.4 Å². The summed E-state index contributed by atoms with van der Waals surface area (Å²) in [6, 6.07) is 9.87. The molecule has 0 aliphatic rings. The molecule has 0 aliphatic carbocycles. The normalized spacial score (nSPS) is 13.4. The Bertz CT molecular complexity index is 974. The molecule has 0 radical (unpaired) electrons. The molecule has 12 heteroatoms. The molecule has 30 heavy (non-hydrogen) atoms. The Morgan fingerprint density at radius 3 is 1.80 bits per heavy atom. The molecule has 2 aromatic carbocycles. The Hall–Kier alpha value is -0.900. The monoisotopic (exact) mass is 523 g/mol. The van der Waals surface area contributed by atoms with Gasteiger partial charge in [-0.25, -0.2) is 8.49 Å². The van der Waals surface area contributed by atoms with Crippen molar-refractivity contribution in [1.82, 2.24) is 0 Å². The van der Waals surface area contributed by atoms with Crippen LogP contribution in [0.1, 0.15) is 25.0 Å². The third-order valence-corrected chi connectivity index (χ3v) is 6.19. The van der Waals surface area contributed by atoms with E-state index in [0.29, 0.717) is 10.6 Å². The highest BCUT2D eigenvalue weighted by Gasteiger charge is 2.40. The number of hydrogen-bond donors (Lipinski definition) is 0. The second kappa shape index (κ2) is 8.92. The summed E-state index contributed by atoms with van der Waals surface area (Å²) in [6.45, 7) is 2.29. The highest BCUT2D eigenvalue weighted by Crippen LogP contribution is 2.39. The number of rotatable bonds is 6. The Morgan fingerprint density at radius 2 is 1.37 bits per heavy atom. The molecule has 4 nitrogen and oxygen atoms in total. The molecular weight excluding hydrogens is 509 g/mol. The van der Waals surface area contributed by atoms with Crippen LogP contribution in [0.25, 0.3) is 0 Å². The maximum absolute atomic E-state index is 13.0. The second-order valence-electron chi connectivity index (χ2n) is 6.71. The van der Waals surface area contributed by atoms with Crippen LogP contribution in [0, 0.1) is 0 Å². The second-order valence-corrected chi connectivity index (χ2v) is 11.1. The highest BCUT2D eigenvalue weighted by molar-refractivity contribution is 7.88. The first-order valence-corrected chi connectivity index (χ1v) is 11.1. The molecule has 0 amide bonds. The number of anilines is 1. The Morgan fingerprint density at radius 1 is 0.900 bits per heavy atom. The molecule has 0 saturated carbocycles. The summed E-state index contributed by atoms with van der Waals surface area (Å²) in [5, 5.41) is 0.422. The van der Waals surface area contributed by atoms with Gasteiger partial charge in [0.1, 0.15) is 6.61 Å². The van der Waals surface area contributed by atoms with Gasteiger partial charge in [-0.1, -0.05) is 58.5 Å². The van der Waals surface area contributed by atoms with Gasteiger partial charge >= 0.3 is 16.5 Å². The van der Waals surface area contributed by atoms with Gasteiger partial charge < -0.3 is 0 Å². The first-order chi connectivity index (χ1) is 13.5. The summed E-state index contributed by atoms with van der Waals surface area (Å²) in [5.41, 5.74) is -1.83. The number of hydrogen-bond acceptors (Lipinski definition) is 3. The van der Waals surface area contributed by atoms with Crippen molar-refractivity contribution >= 4 is 62.4 Å². The molecule has 0 aromatic heterocycles. The Labute approximate surface area is 192 Å². The van der Waals surface area contributed by atoms with Crippen molar-refractivity contribution < 1.29 is 25.8 Å². The van der Waals surface area contributed by atoms with Gasteiger partial charge in [-0.2, -0.15) is 21.6 Å². The van der Waals surface area contributed by atoms with Crippen LogP contribution in [0.5, 0.6) is 0 Å². The van der Waals surface area contributed by atoms with E-state index in [0.717, 1.165) is 28.6 Å². The summed E-state index contributed by atoms with van der Waals surface area (Å²) < 4.78 is 68.5. The van der Waals surface area contributed by atoms with Crippen molar-refractivity contribution in [3.05, 3.63) is 64.7 Å². The standard InChI is InChI=1S/C18H16Cl4F3NO3S/c1-16(2,12-3-7-14(19)8-4-12)26(30(27,28)29-11-17(20,21)22)15-9-5-13(6-10-15)18(23,24)25/h3-10H,11H2,1-2H3. The zero-order chi connectivity index (χ0) is 23.0. The fourth-order valence-corrected chi connectivity index (χ4v) is 4.65. The minimum Gasteiger partial charge on any atom is -0.249 e. The molecule has 0 unspecified atom stereocenters. The molecule has 0 fully saturated rings. The zero-order valence-electron chi connectivity index (χ0n) is 15.6. The lowest BCUT2D eigenvalue weighted by Gasteiger charge is -2.39. The minimum atomic E-state index is -4.61. The van der Waals surface area contributed by atoms with Crippen LogP contribution in [0.3, 0.4) is 0 Å². The number of halogens is 7. The van der Waals surface area contributed by atoms with E-state index in [1.54, 1.807) is 38.1 Å². The van der Waals surface area contributed by atoms with Crippen LogP contribution in [-0.2, 0) is 26.2 Å². The van der Waals surface area contributed by atoms with Crippen LogP contribution in [-0.4, -0.2) is 18.8 Å². The van der Waals surface area contributed by atoms with Gasteiger partial charge in [0.25, 0.3) is 0 Å². The summed E-state index contributed by atoms with van der Waals surface area (Å²) in [6.07, 6.45) is -4.58. The van der Waals surface area contributed by atoms with Gasteiger partial charge in [0.05, 0.1) is 16.8 Å². The quantitative estimate of drug-likeness (QED) is 0.393. The van der Waals surface area contributed by atoms with Crippen molar-refractivity contribution in [3.8, 4) is 0 Å². The Kier molecular flexibility index (Phi) is 7.54. The lowest BCUT2D eigenvalue weighted by Crippen LogP contribution is -2.47. The summed E-state index contributed by atoms with van der Waals surface area (Å²) in [5.74, 6) is 0. The van der Waals surface area contributed by atoms with E-state index in [1.807, 2.05) is 0 Å². The topological polar surface area (TPSA) is 46.6 Å². The van der Waals surface area contributed by atoms with Gasteiger partial charge in [0, 0.05) is 5.02 Å². The van der Waals surface area contributed by atoms with Crippen molar-refractivity contribution in [2.24, 2.45) is 0 Å². The lowest BCUT2D eigenvalue weighted by atomic mass is 9.94. The molecule has 2 rings (SSSR count). The number of alkyl halides is 6. The van der Waals surface area contributed by atoms with Crippen molar-refractivity contribution in [2.75, 3.05) is 10.9 Å². The maximum Gasteiger partial charge on any atom is 0.416 e. The van der Waals surface area contributed by atoms with E-state index in [1.165, 1.54) is 0 Å². The SMILES string of the molecule is CC(C)(c1ccc(Cl)cc1)N(c1ccc(C(F)(F)F)cc1)S(=O)(=O)OCC(Cl)(Cl)Cl. The number of nitrogens with zero attached hydrogens (tertiary/aromatic N) is 1. The van der Waals surface area contributed by atoms with E-state index in [2.05, 4.69) is 0 Å². The molecule has 166 valence electrons. The fraction of sp³-hybridized carbons (Fsp3) is 0.333. The predicted molar refractivity (Wildman–Crippen MR) is 114 cm³/mol. The molecule has 0 atom stereocenters. The molecule has 0 spiro atoms. The number of benzene rings is 2. The van der Waals surface area contributed by atoms with Crippen molar-refractivity contribution in [1.29, 1.82) is 0 Å². The molecule has 0 heterocycles. The summed E-state index contributed by atoms with van der Waals surface area (Å²) >= 11 is 22.7. The van der Waals surface area contributed by atoms with Crippen molar-refractivity contribution in [2.45, 2.75) is 29.4 Å². The molecule has 2 aromatic rings. The maximum atomic E-state index is 13.0. The molecular formula is C18H16Cl4F3NO3S. The Balaban J connectivity index is 2.58. The molecule has 0 saturated heterocycles. The van der Waals surface area contributed by atoms with E-state index in [4.69, 9.17) is 50.6 Å². The molecule has 0 aliphatic heterocycles. The highest BCUT2D eigenvalue weighted by atomic mass is 35.6.